The Morgan fingerprint density at radius 1 is 0.868 bits per heavy atom. The minimum atomic E-state index is -0.613. The Bertz CT molecular complexity index is 1260. The van der Waals surface area contributed by atoms with E-state index in [1.807, 2.05) is 54.6 Å². The molecular formula is C32H39NO5. The Kier molecular flexibility index (Phi) is 10.8. The second-order valence-corrected chi connectivity index (χ2v) is 9.74. The minimum absolute atomic E-state index is 0.216. The van der Waals surface area contributed by atoms with Crippen molar-refractivity contribution in [3.05, 3.63) is 77.9 Å². The summed E-state index contributed by atoms with van der Waals surface area (Å²) < 4.78 is 16.7. The largest absolute Gasteiger partial charge is 0.497 e. The highest BCUT2D eigenvalue weighted by Gasteiger charge is 2.23. The Hall–Kier alpha value is -3.80. The zero-order valence-electron chi connectivity index (χ0n) is 23.1. The molecule has 1 amide bonds. The molecule has 6 heteroatoms. The number of carbonyl (C=O) groups is 2. The van der Waals surface area contributed by atoms with Gasteiger partial charge in [-0.25, -0.2) is 0 Å². The molecule has 0 aliphatic rings. The first kappa shape index (κ1) is 28.8. The van der Waals surface area contributed by atoms with Crippen LogP contribution in [0, 0.1) is 5.92 Å². The Labute approximate surface area is 226 Å². The summed E-state index contributed by atoms with van der Waals surface area (Å²) in [4.78, 5) is 25.5. The highest BCUT2D eigenvalue weighted by atomic mass is 16.5. The topological polar surface area (TPSA) is 73.9 Å². The monoisotopic (exact) mass is 517 g/mol. The van der Waals surface area contributed by atoms with Gasteiger partial charge in [0, 0.05) is 12.5 Å². The maximum Gasteiger partial charge on any atom is 0.288 e. The first-order valence-corrected chi connectivity index (χ1v) is 13.2. The second-order valence-electron chi connectivity index (χ2n) is 9.74. The van der Waals surface area contributed by atoms with Crippen LogP contribution in [0.25, 0.3) is 10.8 Å². The third-order valence-corrected chi connectivity index (χ3v) is 6.41. The molecule has 0 saturated heterocycles. The Morgan fingerprint density at radius 2 is 1.63 bits per heavy atom. The van der Waals surface area contributed by atoms with Gasteiger partial charge in [0.2, 0.25) is 5.78 Å². The number of ether oxygens (including phenoxy) is 3. The van der Waals surface area contributed by atoms with Crippen LogP contribution < -0.4 is 19.5 Å². The van der Waals surface area contributed by atoms with Gasteiger partial charge in [-0.2, -0.15) is 0 Å². The zero-order chi connectivity index (χ0) is 27.5. The predicted molar refractivity (Wildman–Crippen MR) is 152 cm³/mol. The Balaban J connectivity index is 1.52. The Morgan fingerprint density at radius 3 is 2.37 bits per heavy atom. The number of benzene rings is 3. The number of nitrogens with one attached hydrogen (secondary N) is 1. The number of amides is 1. The molecule has 6 nitrogen and oxygen atoms in total. The summed E-state index contributed by atoms with van der Waals surface area (Å²) in [5.74, 6) is 0.965. The van der Waals surface area contributed by atoms with Gasteiger partial charge in [-0.3, -0.25) is 9.59 Å². The van der Waals surface area contributed by atoms with Crippen molar-refractivity contribution >= 4 is 22.5 Å². The molecule has 0 spiro atoms. The van der Waals surface area contributed by atoms with Gasteiger partial charge in [0.15, 0.2) is 11.5 Å². The number of allylic oxidation sites excluding steroid dienone is 2. The molecule has 0 aromatic heterocycles. The molecule has 0 fully saturated rings. The fourth-order valence-electron chi connectivity index (χ4n) is 4.11. The molecule has 0 aliphatic carbocycles. The highest BCUT2D eigenvalue weighted by Crippen LogP contribution is 2.29. The van der Waals surface area contributed by atoms with E-state index in [4.69, 9.17) is 14.2 Å². The zero-order valence-corrected chi connectivity index (χ0v) is 23.1. The summed E-state index contributed by atoms with van der Waals surface area (Å²) in [5.41, 5.74) is 1.61. The molecule has 1 atom stereocenters. The maximum absolute atomic E-state index is 12.8. The van der Waals surface area contributed by atoms with Crippen molar-refractivity contribution in [1.82, 2.24) is 5.32 Å². The number of carbonyl (C=O) groups excluding carboxylic acids is 2. The number of unbranched alkanes of at least 4 members (excludes halogenated alkanes) is 2. The lowest BCUT2D eigenvalue weighted by Gasteiger charge is -2.14. The summed E-state index contributed by atoms with van der Waals surface area (Å²) in [6.07, 6.45) is 7.51. The van der Waals surface area contributed by atoms with Gasteiger partial charge >= 0.3 is 0 Å². The van der Waals surface area contributed by atoms with Crippen molar-refractivity contribution in [2.75, 3.05) is 20.8 Å². The number of fused-ring (bicyclic) bond motifs is 1. The van der Waals surface area contributed by atoms with Gasteiger partial charge in [-0.1, -0.05) is 63.3 Å². The number of hydrogen-bond donors (Lipinski definition) is 1. The van der Waals surface area contributed by atoms with Crippen LogP contribution in [-0.2, 0) is 16.1 Å². The van der Waals surface area contributed by atoms with Crippen molar-refractivity contribution in [2.45, 2.75) is 52.5 Å². The molecule has 0 heterocycles. The van der Waals surface area contributed by atoms with Crippen molar-refractivity contribution < 1.29 is 23.8 Å². The van der Waals surface area contributed by atoms with E-state index in [-0.39, 0.29) is 6.54 Å². The van der Waals surface area contributed by atoms with E-state index in [9.17, 15) is 9.59 Å². The average molecular weight is 518 g/mol. The predicted octanol–water partition coefficient (Wildman–Crippen LogP) is 6.61. The van der Waals surface area contributed by atoms with Gasteiger partial charge in [0.1, 0.15) is 5.75 Å². The van der Waals surface area contributed by atoms with Gasteiger partial charge in [-0.05, 0) is 71.3 Å². The molecule has 0 saturated carbocycles. The summed E-state index contributed by atoms with van der Waals surface area (Å²) in [6.45, 7) is 6.92. The molecule has 38 heavy (non-hydrogen) atoms. The van der Waals surface area contributed by atoms with Gasteiger partial charge in [-0.15, -0.1) is 0 Å². The lowest BCUT2D eigenvalue weighted by molar-refractivity contribution is -0.138. The number of hydrogen-bond acceptors (Lipinski definition) is 5. The van der Waals surface area contributed by atoms with Crippen molar-refractivity contribution in [1.29, 1.82) is 0 Å². The molecule has 3 aromatic carbocycles. The number of methoxy groups -OCH3 is 2. The second kappa shape index (κ2) is 14.2. The third-order valence-electron chi connectivity index (χ3n) is 6.41. The highest BCUT2D eigenvalue weighted by molar-refractivity contribution is 6.38. The van der Waals surface area contributed by atoms with Crippen LogP contribution >= 0.6 is 0 Å². The number of rotatable bonds is 14. The number of ketones is 1. The molecule has 3 aromatic rings. The fourth-order valence-corrected chi connectivity index (χ4v) is 4.11. The van der Waals surface area contributed by atoms with E-state index in [1.54, 1.807) is 21.1 Å². The van der Waals surface area contributed by atoms with Crippen LogP contribution in [-0.4, -0.2) is 32.5 Å². The summed E-state index contributed by atoms with van der Waals surface area (Å²) in [7, 11) is 3.22. The molecule has 0 radical (unpaired) electrons. The summed E-state index contributed by atoms with van der Waals surface area (Å²) in [6, 6.07) is 17.1. The lowest BCUT2D eigenvalue weighted by Crippen LogP contribution is -2.33. The van der Waals surface area contributed by atoms with Crippen molar-refractivity contribution in [2.24, 2.45) is 5.92 Å². The van der Waals surface area contributed by atoms with Gasteiger partial charge in [0.05, 0.1) is 20.8 Å². The average Bonchev–Trinajstić information content (AvgIpc) is 2.94. The van der Waals surface area contributed by atoms with Crippen LogP contribution in [0.4, 0.5) is 0 Å². The third kappa shape index (κ3) is 8.10. The molecule has 0 bridgehead atoms. The van der Waals surface area contributed by atoms with Crippen LogP contribution in [0.2, 0.25) is 0 Å². The maximum atomic E-state index is 12.8. The molecule has 3 rings (SSSR count). The van der Waals surface area contributed by atoms with E-state index in [0.717, 1.165) is 46.9 Å². The first-order valence-electron chi connectivity index (χ1n) is 13.2. The van der Waals surface area contributed by atoms with E-state index in [0.29, 0.717) is 24.0 Å². The van der Waals surface area contributed by atoms with Crippen LogP contribution in [0.1, 0.15) is 57.1 Å². The summed E-state index contributed by atoms with van der Waals surface area (Å²) in [5, 5.41) is 4.74. The van der Waals surface area contributed by atoms with E-state index in [1.165, 1.54) is 0 Å². The molecule has 202 valence electrons. The van der Waals surface area contributed by atoms with Crippen LogP contribution in [0.15, 0.2) is 66.7 Å². The lowest BCUT2D eigenvalue weighted by atomic mass is 9.94. The van der Waals surface area contributed by atoms with Crippen LogP contribution in [0.5, 0.6) is 17.2 Å². The van der Waals surface area contributed by atoms with Crippen LogP contribution in [0.3, 0.4) is 0 Å². The summed E-state index contributed by atoms with van der Waals surface area (Å²) >= 11 is 0. The SMILES string of the molecule is COc1ccc2cc(C(C)C(=O)C(=O)NCc3ccc(OCCCC/C=C/C(C)C)c(OC)c3)ccc2c1. The minimum Gasteiger partial charge on any atom is -0.497 e. The van der Waals surface area contributed by atoms with E-state index in [2.05, 4.69) is 31.3 Å². The first-order chi connectivity index (χ1) is 18.3. The molecule has 1 N–H and O–H groups in total. The molecule has 0 aliphatic heterocycles. The standard InChI is InChI=1S/C32H39NO5/c1-22(2)10-8-6-7-9-17-38-29-16-11-24(18-30(29)37-5)21-33-32(35)31(34)23(3)25-12-13-27-20-28(36-4)15-14-26(27)19-25/h8,10-16,18-20,22-23H,6-7,9,17,21H2,1-5H3,(H,33,35)/b10-8+. The smallest absolute Gasteiger partial charge is 0.288 e. The molecule has 1 unspecified atom stereocenters. The van der Waals surface area contributed by atoms with Crippen molar-refractivity contribution in [3.63, 3.8) is 0 Å². The molecular weight excluding hydrogens is 478 g/mol. The van der Waals surface area contributed by atoms with Gasteiger partial charge < -0.3 is 19.5 Å². The van der Waals surface area contributed by atoms with E-state index >= 15 is 0 Å². The quantitative estimate of drug-likeness (QED) is 0.148. The van der Waals surface area contributed by atoms with Gasteiger partial charge in [0.25, 0.3) is 5.91 Å². The van der Waals surface area contributed by atoms with E-state index < -0.39 is 17.6 Å². The van der Waals surface area contributed by atoms with Crippen molar-refractivity contribution in [3.8, 4) is 17.2 Å². The fraction of sp³-hybridized carbons (Fsp3) is 0.375. The normalized spacial score (nSPS) is 12.1. The number of Topliss-reactive ketones (excluding diaryl/α,β-unsaturated/α-hetero) is 1.